The summed E-state index contributed by atoms with van der Waals surface area (Å²) in [7, 11) is 0. The first kappa shape index (κ1) is 14.0. The molecule has 2 aromatic heterocycles. The Morgan fingerprint density at radius 2 is 2.25 bits per heavy atom. The van der Waals surface area contributed by atoms with Crippen LogP contribution in [-0.4, -0.2) is 22.6 Å². The fourth-order valence-electron chi connectivity index (χ4n) is 1.68. The van der Waals surface area contributed by atoms with Gasteiger partial charge in [-0.3, -0.25) is 4.79 Å². The van der Waals surface area contributed by atoms with Crippen molar-refractivity contribution in [2.75, 3.05) is 11.9 Å². The quantitative estimate of drug-likeness (QED) is 0.843. The number of nitrogens with zero attached hydrogens (tertiary/aromatic N) is 2. The molecule has 6 heteroatoms. The molecule has 2 heterocycles. The fourth-order valence-corrected chi connectivity index (χ4v) is 1.68. The second kappa shape index (κ2) is 6.70. The van der Waals surface area contributed by atoms with E-state index in [1.807, 2.05) is 13.0 Å². The Morgan fingerprint density at radius 1 is 1.40 bits per heavy atom. The third kappa shape index (κ3) is 3.81. The van der Waals surface area contributed by atoms with Gasteiger partial charge in [-0.15, -0.1) is 0 Å². The van der Waals surface area contributed by atoms with Crippen molar-refractivity contribution in [1.82, 2.24) is 15.5 Å². The Morgan fingerprint density at radius 3 is 2.95 bits per heavy atom. The lowest BCUT2D eigenvalue weighted by atomic mass is 10.3. The summed E-state index contributed by atoms with van der Waals surface area (Å²) in [6, 6.07) is 7.11. The highest BCUT2D eigenvalue weighted by molar-refractivity contribution is 5.92. The average Bonchev–Trinajstić information content (AvgIpc) is 2.88. The van der Waals surface area contributed by atoms with Crippen molar-refractivity contribution in [3.8, 4) is 0 Å². The molecule has 2 N–H and O–H groups in total. The summed E-state index contributed by atoms with van der Waals surface area (Å²) in [5, 5.41) is 9.73. The molecule has 0 bridgehead atoms. The van der Waals surface area contributed by atoms with Crippen molar-refractivity contribution in [2.45, 2.75) is 26.8 Å². The molecule has 0 aliphatic heterocycles. The Balaban J connectivity index is 1.94. The maximum atomic E-state index is 12.0. The number of hydrogen-bond acceptors (Lipinski definition) is 5. The van der Waals surface area contributed by atoms with Crippen LogP contribution in [-0.2, 0) is 6.54 Å². The van der Waals surface area contributed by atoms with Gasteiger partial charge in [0.15, 0.2) is 0 Å². The van der Waals surface area contributed by atoms with E-state index in [-0.39, 0.29) is 5.91 Å². The second-order valence-corrected chi connectivity index (χ2v) is 4.45. The van der Waals surface area contributed by atoms with Crippen LogP contribution < -0.4 is 10.6 Å². The summed E-state index contributed by atoms with van der Waals surface area (Å²) < 4.78 is 4.94. The second-order valence-electron chi connectivity index (χ2n) is 4.45. The third-order valence-corrected chi connectivity index (χ3v) is 2.64. The highest BCUT2D eigenvalue weighted by Crippen LogP contribution is 2.06. The molecule has 2 aromatic rings. The van der Waals surface area contributed by atoms with E-state index in [2.05, 4.69) is 27.7 Å². The van der Waals surface area contributed by atoms with Gasteiger partial charge in [0.25, 0.3) is 5.91 Å². The van der Waals surface area contributed by atoms with Crippen LogP contribution in [0.1, 0.15) is 35.3 Å². The van der Waals surface area contributed by atoms with Crippen molar-refractivity contribution in [3.05, 3.63) is 41.4 Å². The lowest BCUT2D eigenvalue weighted by Crippen LogP contribution is -2.24. The zero-order valence-corrected chi connectivity index (χ0v) is 11.6. The topological polar surface area (TPSA) is 80.0 Å². The number of aryl methyl sites for hydroxylation is 1. The van der Waals surface area contributed by atoms with Gasteiger partial charge in [0.1, 0.15) is 23.0 Å². The molecule has 106 valence electrons. The number of rotatable bonds is 6. The largest absolute Gasteiger partial charge is 0.370 e. The van der Waals surface area contributed by atoms with Gasteiger partial charge in [0, 0.05) is 12.6 Å². The van der Waals surface area contributed by atoms with Crippen LogP contribution in [0.2, 0.25) is 0 Å². The fraction of sp³-hybridized carbons (Fsp3) is 0.357. The summed E-state index contributed by atoms with van der Waals surface area (Å²) in [5.41, 5.74) is 1.07. The van der Waals surface area contributed by atoms with Crippen molar-refractivity contribution in [1.29, 1.82) is 0 Å². The van der Waals surface area contributed by atoms with E-state index in [0.717, 1.165) is 18.7 Å². The van der Waals surface area contributed by atoms with Gasteiger partial charge < -0.3 is 15.2 Å². The number of aromatic nitrogens is 2. The van der Waals surface area contributed by atoms with E-state index >= 15 is 0 Å². The molecule has 6 nitrogen and oxygen atoms in total. The molecule has 0 aliphatic carbocycles. The molecule has 1 amide bonds. The molecule has 0 unspecified atom stereocenters. The Hall–Kier alpha value is -2.37. The minimum absolute atomic E-state index is 0.231. The summed E-state index contributed by atoms with van der Waals surface area (Å²) in [5.74, 6) is 1.20. The Bertz CT molecular complexity index is 580. The molecule has 0 saturated carbocycles. The summed E-state index contributed by atoms with van der Waals surface area (Å²) in [4.78, 5) is 16.3. The zero-order chi connectivity index (χ0) is 14.4. The molecule has 0 atom stereocenters. The lowest BCUT2D eigenvalue weighted by Gasteiger charge is -2.06. The molecular weight excluding hydrogens is 256 g/mol. The standard InChI is InChI=1S/C14H18N4O2/c1-3-7-15-13-6-4-5-12(17-13)14(19)16-9-11-8-10(2)20-18-11/h4-6,8H,3,7,9H2,1-2H3,(H,15,17)(H,16,19). The summed E-state index contributed by atoms with van der Waals surface area (Å²) in [6.45, 7) is 5.03. The van der Waals surface area contributed by atoms with Gasteiger partial charge in [-0.25, -0.2) is 4.98 Å². The molecule has 0 radical (unpaired) electrons. The van der Waals surface area contributed by atoms with Gasteiger partial charge >= 0.3 is 0 Å². The van der Waals surface area contributed by atoms with Crippen LogP contribution in [0.25, 0.3) is 0 Å². The number of anilines is 1. The van der Waals surface area contributed by atoms with Crippen LogP contribution in [0.4, 0.5) is 5.82 Å². The first-order valence-electron chi connectivity index (χ1n) is 6.60. The zero-order valence-electron chi connectivity index (χ0n) is 11.6. The summed E-state index contributed by atoms with van der Waals surface area (Å²) >= 11 is 0. The average molecular weight is 274 g/mol. The predicted octanol–water partition coefficient (Wildman–Crippen LogP) is 2.13. The van der Waals surface area contributed by atoms with Gasteiger partial charge in [-0.05, 0) is 25.5 Å². The minimum atomic E-state index is -0.231. The van der Waals surface area contributed by atoms with E-state index in [0.29, 0.717) is 23.8 Å². The van der Waals surface area contributed by atoms with Crippen LogP contribution >= 0.6 is 0 Å². The lowest BCUT2D eigenvalue weighted by molar-refractivity contribution is 0.0945. The first-order valence-corrected chi connectivity index (χ1v) is 6.60. The van der Waals surface area contributed by atoms with Gasteiger partial charge in [-0.1, -0.05) is 18.1 Å². The maximum Gasteiger partial charge on any atom is 0.270 e. The predicted molar refractivity (Wildman–Crippen MR) is 75.4 cm³/mol. The van der Waals surface area contributed by atoms with Crippen molar-refractivity contribution >= 4 is 11.7 Å². The van der Waals surface area contributed by atoms with Gasteiger partial charge in [-0.2, -0.15) is 0 Å². The molecule has 0 spiro atoms. The first-order chi connectivity index (χ1) is 9.69. The van der Waals surface area contributed by atoms with E-state index < -0.39 is 0 Å². The Kier molecular flexibility index (Phi) is 4.70. The number of hydrogen-bond donors (Lipinski definition) is 2. The molecule has 0 saturated heterocycles. The number of pyridine rings is 1. The number of carbonyl (C=O) groups excluding carboxylic acids is 1. The highest BCUT2D eigenvalue weighted by atomic mass is 16.5. The van der Waals surface area contributed by atoms with Gasteiger partial charge in [0.05, 0.1) is 6.54 Å². The van der Waals surface area contributed by atoms with Crippen LogP contribution in [0.3, 0.4) is 0 Å². The normalized spacial score (nSPS) is 10.3. The van der Waals surface area contributed by atoms with Crippen molar-refractivity contribution < 1.29 is 9.32 Å². The number of carbonyl (C=O) groups is 1. The molecular formula is C14H18N4O2. The number of amides is 1. The Labute approximate surface area is 117 Å². The van der Waals surface area contributed by atoms with Crippen molar-refractivity contribution in [2.24, 2.45) is 0 Å². The van der Waals surface area contributed by atoms with Gasteiger partial charge in [0.2, 0.25) is 0 Å². The number of nitrogens with one attached hydrogen (secondary N) is 2. The molecule has 2 rings (SSSR count). The van der Waals surface area contributed by atoms with Crippen molar-refractivity contribution in [3.63, 3.8) is 0 Å². The smallest absolute Gasteiger partial charge is 0.270 e. The van der Waals surface area contributed by atoms with E-state index in [9.17, 15) is 4.79 Å². The third-order valence-electron chi connectivity index (χ3n) is 2.64. The maximum absolute atomic E-state index is 12.0. The van der Waals surface area contributed by atoms with Crippen LogP contribution in [0, 0.1) is 6.92 Å². The SMILES string of the molecule is CCCNc1cccc(C(=O)NCc2cc(C)on2)n1. The molecule has 0 aromatic carbocycles. The molecule has 0 aliphatic rings. The highest BCUT2D eigenvalue weighted by Gasteiger charge is 2.09. The monoisotopic (exact) mass is 274 g/mol. The molecule has 20 heavy (non-hydrogen) atoms. The van der Waals surface area contributed by atoms with E-state index in [1.165, 1.54) is 0 Å². The van der Waals surface area contributed by atoms with E-state index in [4.69, 9.17) is 4.52 Å². The molecule has 0 fully saturated rings. The van der Waals surface area contributed by atoms with E-state index in [1.54, 1.807) is 18.2 Å². The minimum Gasteiger partial charge on any atom is -0.370 e. The summed E-state index contributed by atoms with van der Waals surface area (Å²) in [6.07, 6.45) is 1.00. The van der Waals surface area contributed by atoms with Crippen LogP contribution in [0.15, 0.2) is 28.8 Å². The van der Waals surface area contributed by atoms with Crippen LogP contribution in [0.5, 0.6) is 0 Å².